The fourth-order valence-electron chi connectivity index (χ4n) is 4.31. The van der Waals surface area contributed by atoms with E-state index >= 15 is 0 Å². The van der Waals surface area contributed by atoms with Crippen molar-refractivity contribution in [2.24, 2.45) is 0 Å². The maximum absolute atomic E-state index is 4.85. The third kappa shape index (κ3) is 3.58. The molecule has 0 saturated carbocycles. The minimum atomic E-state index is 0.819. The number of hydrogen-bond acceptors (Lipinski definition) is 7. The first-order valence-corrected chi connectivity index (χ1v) is 13.6. The Labute approximate surface area is 199 Å². The second kappa shape index (κ2) is 8.14. The summed E-state index contributed by atoms with van der Waals surface area (Å²) in [5.41, 5.74) is 5.96. The molecule has 0 aliphatic heterocycles. The summed E-state index contributed by atoms with van der Waals surface area (Å²) in [6, 6.07) is 15.0. The van der Waals surface area contributed by atoms with Gasteiger partial charge in [-0.1, -0.05) is 17.8 Å². The lowest BCUT2D eigenvalue weighted by molar-refractivity contribution is 0.700. The summed E-state index contributed by atoms with van der Waals surface area (Å²) in [7, 11) is 0. The fourth-order valence-corrected chi connectivity index (χ4v) is 7.06. The zero-order valence-electron chi connectivity index (χ0n) is 17.9. The van der Waals surface area contributed by atoms with Gasteiger partial charge in [0.1, 0.15) is 15.7 Å². The van der Waals surface area contributed by atoms with Crippen LogP contribution in [-0.4, -0.2) is 21.2 Å². The van der Waals surface area contributed by atoms with Gasteiger partial charge in [0.2, 0.25) is 0 Å². The van der Waals surface area contributed by atoms with E-state index in [0.717, 1.165) is 44.0 Å². The number of rotatable bonds is 4. The molecule has 0 atom stereocenters. The van der Waals surface area contributed by atoms with Crippen molar-refractivity contribution in [3.8, 4) is 10.6 Å². The Morgan fingerprint density at radius 1 is 0.938 bits per heavy atom. The second-order valence-electron chi connectivity index (χ2n) is 8.14. The first-order valence-electron chi connectivity index (χ1n) is 10.8. The highest BCUT2D eigenvalue weighted by Crippen LogP contribution is 2.40. The highest BCUT2D eigenvalue weighted by molar-refractivity contribution is 7.98. The normalized spacial score (nSPS) is 13.6. The maximum atomic E-state index is 4.85. The lowest BCUT2D eigenvalue weighted by Crippen LogP contribution is -2.02. The third-order valence-corrected chi connectivity index (χ3v) is 8.72. The average Bonchev–Trinajstić information content (AvgIpc) is 3.40. The number of thiophene rings is 1. The average molecular weight is 475 g/mol. The van der Waals surface area contributed by atoms with Crippen molar-refractivity contribution in [1.82, 2.24) is 15.0 Å². The van der Waals surface area contributed by atoms with Gasteiger partial charge in [-0.25, -0.2) is 15.0 Å². The lowest BCUT2D eigenvalue weighted by Gasteiger charge is -2.13. The first-order chi connectivity index (χ1) is 15.7. The predicted octanol–water partition coefficient (Wildman–Crippen LogP) is 7.62. The molecule has 0 radical (unpaired) electrons. The van der Waals surface area contributed by atoms with Gasteiger partial charge in [0, 0.05) is 16.1 Å². The molecule has 3 aromatic heterocycles. The van der Waals surface area contributed by atoms with E-state index in [9.17, 15) is 0 Å². The van der Waals surface area contributed by atoms with Crippen molar-refractivity contribution >= 4 is 66.4 Å². The van der Waals surface area contributed by atoms with Gasteiger partial charge in [-0.2, -0.15) is 0 Å². The Morgan fingerprint density at radius 3 is 2.62 bits per heavy atom. The van der Waals surface area contributed by atoms with E-state index in [1.165, 1.54) is 45.4 Å². The number of aromatic nitrogens is 3. The summed E-state index contributed by atoms with van der Waals surface area (Å²) >= 11 is 5.18. The van der Waals surface area contributed by atoms with Crippen molar-refractivity contribution in [1.29, 1.82) is 0 Å². The third-order valence-electron chi connectivity index (χ3n) is 5.92. The molecule has 3 heterocycles. The van der Waals surface area contributed by atoms with E-state index in [0.29, 0.717) is 0 Å². The summed E-state index contributed by atoms with van der Waals surface area (Å²) in [6.07, 6.45) is 6.85. The zero-order valence-corrected chi connectivity index (χ0v) is 20.4. The van der Waals surface area contributed by atoms with E-state index in [1.807, 2.05) is 17.6 Å². The molecule has 5 aromatic rings. The van der Waals surface area contributed by atoms with Crippen molar-refractivity contribution in [2.75, 3.05) is 11.6 Å². The van der Waals surface area contributed by atoms with Gasteiger partial charge in [-0.05, 0) is 86.4 Å². The number of thioether (sulfide) groups is 1. The molecule has 0 amide bonds. The number of nitrogens with zero attached hydrogens (tertiary/aromatic N) is 3. The molecule has 1 aliphatic carbocycles. The van der Waals surface area contributed by atoms with Gasteiger partial charge in [0.05, 0.1) is 15.6 Å². The molecule has 4 nitrogen and oxygen atoms in total. The highest BCUT2D eigenvalue weighted by atomic mass is 32.2. The van der Waals surface area contributed by atoms with Gasteiger partial charge in [-0.3, -0.25) is 0 Å². The molecule has 1 N–H and O–H groups in total. The van der Waals surface area contributed by atoms with Crippen LogP contribution in [0.25, 0.3) is 31.0 Å². The Balaban J connectivity index is 1.35. The molecule has 0 fully saturated rings. The minimum absolute atomic E-state index is 0.819. The number of anilines is 2. The molecule has 32 heavy (non-hydrogen) atoms. The molecule has 0 saturated heterocycles. The molecular formula is C25H22N4S3. The standard InChI is InChI=1S/C25H22N4S3/c1-14-7-12-18-20(13-14)32-23(27-18)15-8-10-16(11-9-15)26-22-21-17-5-3-4-6-19(17)31-24(21)29-25(28-22)30-2/h7-13H,3-6H2,1-2H3,(H,26,28,29). The summed E-state index contributed by atoms with van der Waals surface area (Å²) in [4.78, 5) is 17.1. The van der Waals surface area contributed by atoms with Gasteiger partial charge in [-0.15, -0.1) is 22.7 Å². The van der Waals surface area contributed by atoms with Crippen LogP contribution in [0.5, 0.6) is 0 Å². The number of thiazole rings is 1. The summed E-state index contributed by atoms with van der Waals surface area (Å²) in [5.74, 6) is 0.932. The van der Waals surface area contributed by atoms with Crippen molar-refractivity contribution < 1.29 is 0 Å². The van der Waals surface area contributed by atoms with Crippen molar-refractivity contribution in [3.63, 3.8) is 0 Å². The molecule has 6 rings (SSSR count). The molecule has 7 heteroatoms. The molecule has 0 bridgehead atoms. The lowest BCUT2D eigenvalue weighted by atomic mass is 9.97. The van der Waals surface area contributed by atoms with Crippen LogP contribution in [0.15, 0.2) is 47.6 Å². The number of benzene rings is 2. The van der Waals surface area contributed by atoms with Gasteiger partial charge in [0.25, 0.3) is 0 Å². The second-order valence-corrected chi connectivity index (χ2v) is 11.0. The van der Waals surface area contributed by atoms with Gasteiger partial charge < -0.3 is 5.32 Å². The van der Waals surface area contributed by atoms with Gasteiger partial charge >= 0.3 is 0 Å². The van der Waals surface area contributed by atoms with E-state index in [1.54, 1.807) is 23.1 Å². The smallest absolute Gasteiger partial charge is 0.190 e. The number of fused-ring (bicyclic) bond motifs is 4. The van der Waals surface area contributed by atoms with Crippen LogP contribution in [0.1, 0.15) is 28.8 Å². The molecule has 160 valence electrons. The van der Waals surface area contributed by atoms with Crippen LogP contribution in [0.3, 0.4) is 0 Å². The van der Waals surface area contributed by atoms with Crippen LogP contribution in [0, 0.1) is 6.92 Å². The highest BCUT2D eigenvalue weighted by Gasteiger charge is 2.21. The van der Waals surface area contributed by atoms with E-state index in [2.05, 4.69) is 54.7 Å². The van der Waals surface area contributed by atoms with E-state index < -0.39 is 0 Å². The first kappa shape index (κ1) is 20.1. The number of aryl methyl sites for hydroxylation is 3. The van der Waals surface area contributed by atoms with Crippen LogP contribution in [0.4, 0.5) is 11.5 Å². The molecule has 1 aliphatic rings. The molecule has 0 unspecified atom stereocenters. The summed E-state index contributed by atoms with van der Waals surface area (Å²) in [6.45, 7) is 2.12. The van der Waals surface area contributed by atoms with E-state index in [4.69, 9.17) is 15.0 Å². The predicted molar refractivity (Wildman–Crippen MR) is 139 cm³/mol. The Bertz CT molecular complexity index is 1450. The fraction of sp³-hybridized carbons (Fsp3) is 0.240. The summed E-state index contributed by atoms with van der Waals surface area (Å²) < 4.78 is 1.23. The minimum Gasteiger partial charge on any atom is -0.340 e. The van der Waals surface area contributed by atoms with Crippen LogP contribution in [-0.2, 0) is 12.8 Å². The largest absolute Gasteiger partial charge is 0.340 e. The summed E-state index contributed by atoms with van der Waals surface area (Å²) in [5, 5.41) is 6.68. The Hall–Kier alpha value is -2.48. The zero-order chi connectivity index (χ0) is 21.7. The number of hydrogen-bond donors (Lipinski definition) is 1. The Kier molecular flexibility index (Phi) is 5.12. The van der Waals surface area contributed by atoms with Crippen LogP contribution < -0.4 is 5.32 Å². The van der Waals surface area contributed by atoms with Crippen molar-refractivity contribution in [2.45, 2.75) is 37.8 Å². The van der Waals surface area contributed by atoms with E-state index in [-0.39, 0.29) is 0 Å². The topological polar surface area (TPSA) is 50.7 Å². The molecule has 0 spiro atoms. The van der Waals surface area contributed by atoms with Crippen LogP contribution >= 0.6 is 34.4 Å². The number of nitrogens with one attached hydrogen (secondary N) is 1. The van der Waals surface area contributed by atoms with Gasteiger partial charge in [0.15, 0.2) is 5.16 Å². The SMILES string of the molecule is CSc1nc(Nc2ccc(-c3nc4ccc(C)cc4s3)cc2)c2c3c(sc2n1)CCCC3. The maximum Gasteiger partial charge on any atom is 0.190 e. The van der Waals surface area contributed by atoms with Crippen LogP contribution in [0.2, 0.25) is 0 Å². The molecular weight excluding hydrogens is 453 g/mol. The monoisotopic (exact) mass is 474 g/mol. The Morgan fingerprint density at radius 2 is 1.78 bits per heavy atom. The molecule has 2 aromatic carbocycles. The quantitative estimate of drug-likeness (QED) is 0.214. The van der Waals surface area contributed by atoms with Crippen molar-refractivity contribution in [3.05, 3.63) is 58.5 Å².